The summed E-state index contributed by atoms with van der Waals surface area (Å²) in [4.78, 5) is 32.9. The molecule has 2 amide bonds. The Bertz CT molecular complexity index is 971. The fraction of sp³-hybridized carbons (Fsp3) is 0.238. The molecule has 0 aliphatic heterocycles. The minimum atomic E-state index is -0.153. The summed E-state index contributed by atoms with van der Waals surface area (Å²) in [5.74, 6) is -0.302. The van der Waals surface area contributed by atoms with Crippen LogP contribution >= 0.6 is 0 Å². The van der Waals surface area contributed by atoms with E-state index in [4.69, 9.17) is 0 Å². The molecule has 3 aromatic rings. The van der Waals surface area contributed by atoms with Gasteiger partial charge in [-0.3, -0.25) is 19.6 Å². The molecule has 3 rings (SSSR count). The number of hydrogen-bond donors (Lipinski definition) is 2. The first-order chi connectivity index (χ1) is 13.0. The van der Waals surface area contributed by atoms with Crippen LogP contribution in [0.25, 0.3) is 10.9 Å². The largest absolute Gasteiger partial charge is 0.352 e. The monoisotopic (exact) mass is 362 g/mol. The normalized spacial score (nSPS) is 11.8. The van der Waals surface area contributed by atoms with E-state index in [2.05, 4.69) is 20.6 Å². The van der Waals surface area contributed by atoms with Crippen molar-refractivity contribution in [2.75, 3.05) is 6.54 Å². The summed E-state index contributed by atoms with van der Waals surface area (Å²) in [5, 5.41) is 6.82. The molecule has 27 heavy (non-hydrogen) atoms. The fourth-order valence-corrected chi connectivity index (χ4v) is 2.79. The van der Waals surface area contributed by atoms with Gasteiger partial charge in [0.2, 0.25) is 0 Å². The molecule has 0 saturated heterocycles. The van der Waals surface area contributed by atoms with Crippen molar-refractivity contribution in [1.82, 2.24) is 20.6 Å². The number of pyridine rings is 2. The minimum absolute atomic E-state index is 0.0766. The number of nitrogens with one attached hydrogen (secondary N) is 2. The average Bonchev–Trinajstić information content (AvgIpc) is 2.67. The average molecular weight is 362 g/mol. The number of nitrogens with zero attached hydrogens (tertiary/aromatic N) is 2. The third-order valence-corrected chi connectivity index (χ3v) is 4.39. The van der Waals surface area contributed by atoms with Crippen molar-refractivity contribution < 1.29 is 9.59 Å². The van der Waals surface area contributed by atoms with Gasteiger partial charge in [-0.25, -0.2) is 0 Å². The Morgan fingerprint density at radius 1 is 1.11 bits per heavy atom. The molecule has 0 radical (unpaired) electrons. The summed E-state index contributed by atoms with van der Waals surface area (Å²) < 4.78 is 0. The van der Waals surface area contributed by atoms with Gasteiger partial charge in [0.05, 0.1) is 11.1 Å². The third-order valence-electron chi connectivity index (χ3n) is 4.39. The van der Waals surface area contributed by atoms with Crippen molar-refractivity contribution in [3.63, 3.8) is 0 Å². The second kappa shape index (κ2) is 8.40. The van der Waals surface area contributed by atoms with Crippen LogP contribution in [0.4, 0.5) is 0 Å². The molecule has 1 aromatic carbocycles. The van der Waals surface area contributed by atoms with E-state index in [-0.39, 0.29) is 17.9 Å². The van der Waals surface area contributed by atoms with Crippen LogP contribution in [0.15, 0.2) is 55.0 Å². The zero-order valence-electron chi connectivity index (χ0n) is 15.4. The Hall–Kier alpha value is -3.28. The lowest BCUT2D eigenvalue weighted by Gasteiger charge is -2.15. The van der Waals surface area contributed by atoms with Crippen LogP contribution in [0.1, 0.15) is 39.6 Å². The summed E-state index contributed by atoms with van der Waals surface area (Å²) in [5.41, 5.74) is 2.81. The van der Waals surface area contributed by atoms with Crippen molar-refractivity contribution >= 4 is 22.7 Å². The number of benzene rings is 1. The Kier molecular flexibility index (Phi) is 5.76. The number of amides is 2. The summed E-state index contributed by atoms with van der Waals surface area (Å²) in [6.45, 7) is 4.25. The van der Waals surface area contributed by atoms with E-state index in [1.54, 1.807) is 36.8 Å². The Morgan fingerprint density at radius 3 is 2.78 bits per heavy atom. The van der Waals surface area contributed by atoms with Crippen LogP contribution in [-0.2, 0) is 0 Å². The van der Waals surface area contributed by atoms with Crippen molar-refractivity contribution in [3.05, 3.63) is 71.7 Å². The molecular weight excluding hydrogens is 340 g/mol. The molecule has 0 unspecified atom stereocenters. The van der Waals surface area contributed by atoms with Crippen molar-refractivity contribution in [2.45, 2.75) is 26.3 Å². The van der Waals surface area contributed by atoms with E-state index >= 15 is 0 Å². The number of hydrogen-bond acceptors (Lipinski definition) is 4. The molecule has 2 heterocycles. The Labute approximate surface area is 158 Å². The van der Waals surface area contributed by atoms with Gasteiger partial charge in [-0.1, -0.05) is 12.1 Å². The summed E-state index contributed by atoms with van der Waals surface area (Å²) >= 11 is 0. The van der Waals surface area contributed by atoms with Gasteiger partial charge in [0.25, 0.3) is 11.8 Å². The van der Waals surface area contributed by atoms with Gasteiger partial charge < -0.3 is 10.6 Å². The van der Waals surface area contributed by atoms with Gasteiger partial charge in [0.15, 0.2) is 0 Å². The molecule has 0 aliphatic carbocycles. The van der Waals surface area contributed by atoms with Gasteiger partial charge in [-0.2, -0.15) is 0 Å². The fourth-order valence-electron chi connectivity index (χ4n) is 2.79. The predicted molar refractivity (Wildman–Crippen MR) is 105 cm³/mol. The van der Waals surface area contributed by atoms with Gasteiger partial charge in [0.1, 0.15) is 0 Å². The number of fused-ring (bicyclic) bond motifs is 1. The lowest BCUT2D eigenvalue weighted by Crippen LogP contribution is -2.36. The minimum Gasteiger partial charge on any atom is -0.352 e. The Balaban J connectivity index is 1.51. The molecule has 0 fully saturated rings. The molecule has 1 atom stereocenters. The topological polar surface area (TPSA) is 84.0 Å². The number of rotatable bonds is 6. The maximum Gasteiger partial charge on any atom is 0.253 e. The van der Waals surface area contributed by atoms with Gasteiger partial charge in [0, 0.05) is 42.1 Å². The highest BCUT2D eigenvalue weighted by molar-refractivity contribution is 5.98. The summed E-state index contributed by atoms with van der Waals surface area (Å²) in [6, 6.07) is 11.0. The van der Waals surface area contributed by atoms with Crippen LogP contribution in [0, 0.1) is 6.92 Å². The smallest absolute Gasteiger partial charge is 0.253 e. The first-order valence-corrected chi connectivity index (χ1v) is 8.89. The van der Waals surface area contributed by atoms with E-state index < -0.39 is 0 Å². The maximum atomic E-state index is 12.4. The van der Waals surface area contributed by atoms with E-state index in [1.807, 2.05) is 32.0 Å². The van der Waals surface area contributed by atoms with Crippen LogP contribution in [0.2, 0.25) is 0 Å². The molecule has 0 spiro atoms. The SMILES string of the molecule is Cc1ccncc1C(=O)NCC[C@H](C)NC(=O)c1ccc2cccnc2c1. The highest BCUT2D eigenvalue weighted by atomic mass is 16.2. The summed E-state index contributed by atoms with van der Waals surface area (Å²) in [6.07, 6.45) is 5.55. The number of aryl methyl sites for hydroxylation is 1. The van der Waals surface area contributed by atoms with E-state index in [1.165, 1.54) is 0 Å². The van der Waals surface area contributed by atoms with Crippen LogP contribution in [0.3, 0.4) is 0 Å². The lowest BCUT2D eigenvalue weighted by atomic mass is 10.1. The number of carbonyl (C=O) groups is 2. The van der Waals surface area contributed by atoms with E-state index in [0.717, 1.165) is 16.5 Å². The molecule has 138 valence electrons. The number of carbonyl (C=O) groups excluding carboxylic acids is 2. The zero-order valence-corrected chi connectivity index (χ0v) is 15.4. The molecule has 0 aliphatic rings. The summed E-state index contributed by atoms with van der Waals surface area (Å²) in [7, 11) is 0. The van der Waals surface area contributed by atoms with Gasteiger partial charge >= 0.3 is 0 Å². The van der Waals surface area contributed by atoms with Crippen molar-refractivity contribution in [2.24, 2.45) is 0 Å². The third kappa shape index (κ3) is 4.67. The first-order valence-electron chi connectivity index (χ1n) is 8.89. The molecule has 0 bridgehead atoms. The molecule has 6 heteroatoms. The standard InChI is InChI=1S/C21H22N4O2/c1-14-7-10-22-13-18(14)21(27)24-11-8-15(2)25-20(26)17-6-5-16-4-3-9-23-19(16)12-17/h3-7,9-10,12-13,15H,8,11H2,1-2H3,(H,24,27)(H,25,26)/t15-/m0/s1. The predicted octanol–water partition coefficient (Wildman–Crippen LogP) is 2.88. The van der Waals surface area contributed by atoms with Crippen LogP contribution in [-0.4, -0.2) is 34.4 Å². The Morgan fingerprint density at radius 2 is 1.96 bits per heavy atom. The molecule has 6 nitrogen and oxygen atoms in total. The van der Waals surface area contributed by atoms with Crippen molar-refractivity contribution in [1.29, 1.82) is 0 Å². The van der Waals surface area contributed by atoms with Gasteiger partial charge in [-0.05, 0) is 50.1 Å². The lowest BCUT2D eigenvalue weighted by molar-refractivity contribution is 0.0937. The van der Waals surface area contributed by atoms with E-state index in [0.29, 0.717) is 24.1 Å². The second-order valence-corrected chi connectivity index (χ2v) is 6.52. The van der Waals surface area contributed by atoms with E-state index in [9.17, 15) is 9.59 Å². The molecule has 2 N–H and O–H groups in total. The van der Waals surface area contributed by atoms with Crippen LogP contribution < -0.4 is 10.6 Å². The first kappa shape index (κ1) is 18.5. The second-order valence-electron chi connectivity index (χ2n) is 6.52. The molecular formula is C21H22N4O2. The molecule has 0 saturated carbocycles. The maximum absolute atomic E-state index is 12.4. The van der Waals surface area contributed by atoms with Crippen LogP contribution in [0.5, 0.6) is 0 Å². The highest BCUT2D eigenvalue weighted by Crippen LogP contribution is 2.13. The zero-order chi connectivity index (χ0) is 19.2. The highest BCUT2D eigenvalue weighted by Gasteiger charge is 2.12. The quantitative estimate of drug-likeness (QED) is 0.706. The van der Waals surface area contributed by atoms with Gasteiger partial charge in [-0.15, -0.1) is 0 Å². The number of aromatic nitrogens is 2. The molecule has 2 aromatic heterocycles. The van der Waals surface area contributed by atoms with Crippen molar-refractivity contribution in [3.8, 4) is 0 Å².